The molecule has 0 amide bonds. The van der Waals surface area contributed by atoms with E-state index in [2.05, 4.69) is 46.9 Å². The van der Waals surface area contributed by atoms with Crippen LogP contribution in [0.4, 0.5) is 5.69 Å². The van der Waals surface area contributed by atoms with Crippen molar-refractivity contribution in [1.29, 1.82) is 0 Å². The molecule has 0 aliphatic carbocycles. The SMILES string of the molecule is N/C(=N\[N-]c1cccc(-c2ccccc2)c1)c1cccc(-c2ccccc2)c1.[W]. The van der Waals surface area contributed by atoms with E-state index in [1.165, 1.54) is 0 Å². The van der Waals surface area contributed by atoms with Crippen molar-refractivity contribution in [2.45, 2.75) is 0 Å². The number of rotatable bonds is 5. The fraction of sp³-hybridized carbons (Fsp3) is 0. The Morgan fingerprint density at radius 3 is 1.72 bits per heavy atom. The number of nitrogens with two attached hydrogens (primary N) is 1. The van der Waals surface area contributed by atoms with Crippen molar-refractivity contribution in [2.24, 2.45) is 10.8 Å². The van der Waals surface area contributed by atoms with Crippen molar-refractivity contribution in [2.75, 3.05) is 0 Å². The monoisotopic (exact) mass is 546 g/mol. The van der Waals surface area contributed by atoms with E-state index in [-0.39, 0.29) is 21.1 Å². The Morgan fingerprint density at radius 2 is 1.10 bits per heavy atom. The van der Waals surface area contributed by atoms with E-state index in [9.17, 15) is 0 Å². The zero-order valence-electron chi connectivity index (χ0n) is 15.8. The molecule has 0 saturated heterocycles. The van der Waals surface area contributed by atoms with E-state index in [1.807, 2.05) is 72.8 Å². The summed E-state index contributed by atoms with van der Waals surface area (Å²) in [6.45, 7) is 0. The molecule has 4 aromatic rings. The van der Waals surface area contributed by atoms with E-state index < -0.39 is 0 Å². The van der Waals surface area contributed by atoms with Gasteiger partial charge in [-0.15, -0.1) is 5.69 Å². The van der Waals surface area contributed by atoms with Crippen LogP contribution in [0.2, 0.25) is 0 Å². The fourth-order valence-electron chi connectivity index (χ4n) is 3.04. The maximum Gasteiger partial charge on any atom is 0.111 e. The van der Waals surface area contributed by atoms with Gasteiger partial charge >= 0.3 is 0 Å². The zero-order valence-corrected chi connectivity index (χ0v) is 18.7. The summed E-state index contributed by atoms with van der Waals surface area (Å²) in [6, 6.07) is 36.4. The van der Waals surface area contributed by atoms with Gasteiger partial charge in [-0.05, 0) is 28.3 Å². The maximum absolute atomic E-state index is 6.20. The topological polar surface area (TPSA) is 52.5 Å². The Hall–Kier alpha value is -3.16. The summed E-state index contributed by atoms with van der Waals surface area (Å²) in [5.41, 5.74) is 16.6. The van der Waals surface area contributed by atoms with Crippen molar-refractivity contribution in [1.82, 2.24) is 0 Å². The Labute approximate surface area is 185 Å². The molecule has 0 atom stereocenters. The predicted octanol–water partition coefficient (Wildman–Crippen LogP) is 6.34. The smallest absolute Gasteiger partial charge is 0.111 e. The summed E-state index contributed by atoms with van der Waals surface area (Å²) in [7, 11) is 0. The third kappa shape index (κ3) is 5.22. The van der Waals surface area contributed by atoms with Gasteiger partial charge in [-0.25, -0.2) is 0 Å². The van der Waals surface area contributed by atoms with Crippen molar-refractivity contribution < 1.29 is 21.1 Å². The molecule has 3 nitrogen and oxygen atoms in total. The Bertz CT molecular complexity index is 1090. The molecule has 0 radical (unpaired) electrons. The number of hydrogen-bond acceptors (Lipinski definition) is 1. The summed E-state index contributed by atoms with van der Waals surface area (Å²) in [5, 5.41) is 4.25. The standard InChI is InChI=1S/C25H20N3.W/c26-25(23-15-7-13-21(17-23)19-9-3-1-4-10-19)28-27-24-16-8-14-22(18-24)20-11-5-2-6-12-20;/h1-18H,(H2,26,28);/q-1;. The quantitative estimate of drug-likeness (QED) is 0.177. The van der Waals surface area contributed by atoms with Gasteiger partial charge in [-0.3, -0.25) is 0 Å². The van der Waals surface area contributed by atoms with E-state index in [0.29, 0.717) is 5.84 Å². The van der Waals surface area contributed by atoms with E-state index in [4.69, 9.17) is 5.73 Å². The summed E-state index contributed by atoms with van der Waals surface area (Å²) in [6.07, 6.45) is 0. The molecule has 0 saturated carbocycles. The number of nitrogens with zero attached hydrogens (tertiary/aromatic N) is 2. The Balaban J connectivity index is 0.00000240. The first-order chi connectivity index (χ1) is 13.8. The Morgan fingerprint density at radius 1 is 0.586 bits per heavy atom. The second-order valence-corrected chi connectivity index (χ2v) is 6.45. The van der Waals surface area contributed by atoms with E-state index in [0.717, 1.165) is 33.5 Å². The average Bonchev–Trinajstić information content (AvgIpc) is 2.79. The van der Waals surface area contributed by atoms with Crippen LogP contribution < -0.4 is 5.73 Å². The zero-order chi connectivity index (χ0) is 19.2. The Kier molecular flexibility index (Phi) is 6.99. The number of hydrogen-bond donors (Lipinski definition) is 1. The molecule has 0 aromatic heterocycles. The minimum absolute atomic E-state index is 0. The minimum Gasteiger partial charge on any atom is -0.574 e. The largest absolute Gasteiger partial charge is 0.574 e. The second-order valence-electron chi connectivity index (χ2n) is 6.45. The van der Waals surface area contributed by atoms with E-state index >= 15 is 0 Å². The van der Waals surface area contributed by atoms with Gasteiger partial charge in [0.15, 0.2) is 0 Å². The first-order valence-electron chi connectivity index (χ1n) is 9.15. The van der Waals surface area contributed by atoms with Crippen LogP contribution in [0, 0.1) is 0 Å². The predicted molar refractivity (Wildman–Crippen MR) is 117 cm³/mol. The molecular formula is C25H20N3W-. The molecule has 4 aromatic carbocycles. The normalized spacial score (nSPS) is 10.8. The third-order valence-electron chi connectivity index (χ3n) is 4.49. The summed E-state index contributed by atoms with van der Waals surface area (Å²) in [4.78, 5) is 0. The van der Waals surface area contributed by atoms with Crippen LogP contribution in [0.15, 0.2) is 114 Å². The minimum atomic E-state index is 0. The maximum atomic E-state index is 6.20. The molecule has 0 spiro atoms. The first-order valence-corrected chi connectivity index (χ1v) is 9.15. The molecule has 0 bridgehead atoms. The van der Waals surface area contributed by atoms with Crippen LogP contribution in [0.25, 0.3) is 27.7 Å². The molecule has 4 heteroatoms. The van der Waals surface area contributed by atoms with Gasteiger partial charge in [0.2, 0.25) is 0 Å². The van der Waals surface area contributed by atoms with Gasteiger partial charge in [0.1, 0.15) is 5.84 Å². The van der Waals surface area contributed by atoms with Crippen molar-refractivity contribution in [3.8, 4) is 22.3 Å². The van der Waals surface area contributed by atoms with Gasteiger partial charge in [0.25, 0.3) is 0 Å². The van der Waals surface area contributed by atoms with Crippen molar-refractivity contribution in [3.05, 3.63) is 120 Å². The molecule has 0 fully saturated rings. The summed E-state index contributed by atoms with van der Waals surface area (Å²) in [5.74, 6) is 0.392. The molecule has 0 unspecified atom stereocenters. The summed E-state index contributed by atoms with van der Waals surface area (Å²) >= 11 is 0. The van der Waals surface area contributed by atoms with Gasteiger partial charge in [0, 0.05) is 26.6 Å². The molecular weight excluding hydrogens is 526 g/mol. The molecule has 0 heterocycles. The molecule has 142 valence electrons. The molecule has 29 heavy (non-hydrogen) atoms. The van der Waals surface area contributed by atoms with Gasteiger partial charge in [-0.1, -0.05) is 103 Å². The number of benzene rings is 4. The second kappa shape index (κ2) is 9.86. The number of amidine groups is 1. The van der Waals surface area contributed by atoms with Crippen LogP contribution >= 0.6 is 0 Å². The van der Waals surface area contributed by atoms with Crippen molar-refractivity contribution in [3.63, 3.8) is 0 Å². The molecule has 2 N–H and O–H groups in total. The van der Waals surface area contributed by atoms with Crippen molar-refractivity contribution >= 4 is 11.5 Å². The molecule has 0 aliphatic heterocycles. The van der Waals surface area contributed by atoms with Crippen LogP contribution in [0.3, 0.4) is 0 Å². The van der Waals surface area contributed by atoms with Gasteiger partial charge < -0.3 is 16.3 Å². The first kappa shape index (κ1) is 20.6. The summed E-state index contributed by atoms with van der Waals surface area (Å²) < 4.78 is 0. The van der Waals surface area contributed by atoms with E-state index in [1.54, 1.807) is 0 Å². The third-order valence-corrected chi connectivity index (χ3v) is 4.49. The van der Waals surface area contributed by atoms with Crippen LogP contribution in [-0.4, -0.2) is 5.84 Å². The fourth-order valence-corrected chi connectivity index (χ4v) is 3.04. The van der Waals surface area contributed by atoms with Gasteiger partial charge in [-0.2, -0.15) is 0 Å². The molecule has 0 aliphatic rings. The van der Waals surface area contributed by atoms with Crippen LogP contribution in [0.5, 0.6) is 0 Å². The average molecular weight is 546 g/mol. The van der Waals surface area contributed by atoms with Crippen LogP contribution in [-0.2, 0) is 21.1 Å². The molecule has 4 rings (SSSR count). The van der Waals surface area contributed by atoms with Crippen LogP contribution in [0.1, 0.15) is 5.56 Å². The van der Waals surface area contributed by atoms with Gasteiger partial charge in [0.05, 0.1) is 0 Å².